The fourth-order valence-electron chi connectivity index (χ4n) is 3.36. The Morgan fingerprint density at radius 1 is 0.885 bits per heavy atom. The highest BCUT2D eigenvalue weighted by atomic mass is 16.5. The number of carbonyl (C=O) groups excluding carboxylic acids is 1. The predicted molar refractivity (Wildman–Crippen MR) is 104 cm³/mol. The van der Waals surface area contributed by atoms with Crippen LogP contribution in [-0.2, 0) is 0 Å². The van der Waals surface area contributed by atoms with Crippen molar-refractivity contribution < 1.29 is 14.3 Å². The van der Waals surface area contributed by atoms with Crippen molar-refractivity contribution in [2.75, 3.05) is 45.3 Å². The quantitative estimate of drug-likeness (QED) is 0.845. The van der Waals surface area contributed by atoms with Crippen molar-refractivity contribution in [1.29, 1.82) is 0 Å². The molecular weight excluding hydrogens is 328 g/mol. The van der Waals surface area contributed by atoms with Crippen LogP contribution in [0.4, 0.5) is 5.69 Å². The van der Waals surface area contributed by atoms with E-state index in [-0.39, 0.29) is 5.91 Å². The van der Waals surface area contributed by atoms with Gasteiger partial charge in [0.1, 0.15) is 0 Å². The summed E-state index contributed by atoms with van der Waals surface area (Å²) >= 11 is 0. The molecule has 0 saturated carbocycles. The third kappa shape index (κ3) is 3.62. The Labute approximate surface area is 155 Å². The largest absolute Gasteiger partial charge is 0.493 e. The molecule has 5 nitrogen and oxygen atoms in total. The lowest BCUT2D eigenvalue weighted by Crippen LogP contribution is -2.49. The van der Waals surface area contributed by atoms with Gasteiger partial charge in [0.2, 0.25) is 0 Å². The number of hydrogen-bond donors (Lipinski definition) is 0. The van der Waals surface area contributed by atoms with Crippen molar-refractivity contribution in [2.24, 2.45) is 0 Å². The van der Waals surface area contributed by atoms with Gasteiger partial charge in [0, 0.05) is 37.4 Å². The van der Waals surface area contributed by atoms with E-state index in [0.29, 0.717) is 30.2 Å². The maximum absolute atomic E-state index is 12.8. The number of ether oxygens (including phenoxy) is 2. The van der Waals surface area contributed by atoms with Crippen molar-refractivity contribution in [1.82, 2.24) is 4.90 Å². The van der Waals surface area contributed by atoms with Gasteiger partial charge >= 0.3 is 0 Å². The highest BCUT2D eigenvalue weighted by molar-refractivity contribution is 5.95. The van der Waals surface area contributed by atoms with E-state index >= 15 is 0 Å². The van der Waals surface area contributed by atoms with Crippen LogP contribution in [0.3, 0.4) is 0 Å². The lowest BCUT2D eigenvalue weighted by Gasteiger charge is -2.37. The van der Waals surface area contributed by atoms with Gasteiger partial charge in [-0.15, -0.1) is 0 Å². The first kappa shape index (κ1) is 18.1. The van der Waals surface area contributed by atoms with Gasteiger partial charge in [-0.25, -0.2) is 0 Å². The second kappa shape index (κ2) is 7.68. The number of rotatable bonds is 4. The van der Waals surface area contributed by atoms with E-state index in [4.69, 9.17) is 9.47 Å². The highest BCUT2D eigenvalue weighted by Crippen LogP contribution is 2.28. The third-order valence-electron chi connectivity index (χ3n) is 4.90. The van der Waals surface area contributed by atoms with Crippen LogP contribution in [-0.4, -0.2) is 51.2 Å². The van der Waals surface area contributed by atoms with Crippen molar-refractivity contribution >= 4 is 11.6 Å². The number of piperazine rings is 1. The van der Waals surface area contributed by atoms with Crippen LogP contribution in [0.5, 0.6) is 11.5 Å². The molecule has 0 atom stereocenters. The summed E-state index contributed by atoms with van der Waals surface area (Å²) in [5.74, 6) is 1.24. The van der Waals surface area contributed by atoms with Crippen LogP contribution in [0.1, 0.15) is 21.5 Å². The Kier molecular flexibility index (Phi) is 5.35. The zero-order valence-electron chi connectivity index (χ0n) is 15.9. The van der Waals surface area contributed by atoms with Crippen LogP contribution < -0.4 is 14.4 Å². The first-order valence-electron chi connectivity index (χ1n) is 8.87. The molecule has 0 bridgehead atoms. The van der Waals surface area contributed by atoms with Crippen molar-refractivity contribution in [3.8, 4) is 11.5 Å². The van der Waals surface area contributed by atoms with E-state index in [1.165, 1.54) is 16.8 Å². The second-order valence-electron chi connectivity index (χ2n) is 6.64. The fourth-order valence-corrected chi connectivity index (χ4v) is 3.36. The summed E-state index contributed by atoms with van der Waals surface area (Å²) in [6, 6.07) is 11.8. The molecular formula is C21H26N2O3. The van der Waals surface area contributed by atoms with Crippen molar-refractivity contribution in [3.63, 3.8) is 0 Å². The smallest absolute Gasteiger partial charge is 0.254 e. The van der Waals surface area contributed by atoms with E-state index < -0.39 is 0 Å². The zero-order chi connectivity index (χ0) is 18.7. The first-order valence-corrected chi connectivity index (χ1v) is 8.87. The molecule has 0 radical (unpaired) electrons. The summed E-state index contributed by atoms with van der Waals surface area (Å²) in [4.78, 5) is 17.1. The SMILES string of the molecule is COc1ccc(C(=O)N2CCN(c3cc(C)ccc3C)CC2)cc1OC. The lowest BCUT2D eigenvalue weighted by molar-refractivity contribution is 0.0746. The molecule has 1 aliphatic rings. The predicted octanol–water partition coefficient (Wildman–Crippen LogP) is 3.28. The summed E-state index contributed by atoms with van der Waals surface area (Å²) in [5.41, 5.74) is 4.43. The summed E-state index contributed by atoms with van der Waals surface area (Å²) in [6.45, 7) is 7.34. The highest BCUT2D eigenvalue weighted by Gasteiger charge is 2.23. The molecule has 1 heterocycles. The summed E-state index contributed by atoms with van der Waals surface area (Å²) in [7, 11) is 3.17. The standard InChI is InChI=1S/C21H26N2O3/c1-15-5-6-16(2)18(13-15)22-9-11-23(12-10-22)21(24)17-7-8-19(25-3)20(14-17)26-4/h5-8,13-14H,9-12H2,1-4H3. The van der Waals surface area contributed by atoms with Gasteiger partial charge in [-0.2, -0.15) is 0 Å². The molecule has 2 aromatic carbocycles. The van der Waals surface area contributed by atoms with E-state index in [1.54, 1.807) is 32.4 Å². The number of carbonyl (C=O) groups is 1. The molecule has 5 heteroatoms. The fraction of sp³-hybridized carbons (Fsp3) is 0.381. The van der Waals surface area contributed by atoms with E-state index in [9.17, 15) is 4.79 Å². The molecule has 1 fully saturated rings. The molecule has 0 unspecified atom stereocenters. The Bertz CT molecular complexity index is 796. The number of amides is 1. The molecule has 0 aromatic heterocycles. The summed E-state index contributed by atoms with van der Waals surface area (Å²) in [5, 5.41) is 0. The van der Waals surface area contributed by atoms with Gasteiger partial charge in [0.25, 0.3) is 5.91 Å². The number of hydrogen-bond acceptors (Lipinski definition) is 4. The topological polar surface area (TPSA) is 42.0 Å². The van der Waals surface area contributed by atoms with Crippen LogP contribution in [0, 0.1) is 13.8 Å². The molecule has 0 spiro atoms. The number of nitrogens with zero attached hydrogens (tertiary/aromatic N) is 2. The Hall–Kier alpha value is -2.69. The minimum absolute atomic E-state index is 0.0339. The molecule has 1 amide bonds. The van der Waals surface area contributed by atoms with Gasteiger partial charge in [-0.3, -0.25) is 4.79 Å². The molecule has 2 aromatic rings. The monoisotopic (exact) mass is 354 g/mol. The maximum atomic E-state index is 12.8. The van der Waals surface area contributed by atoms with Gasteiger partial charge in [0.05, 0.1) is 14.2 Å². The molecule has 1 saturated heterocycles. The van der Waals surface area contributed by atoms with E-state index in [2.05, 4.69) is 36.9 Å². The van der Waals surface area contributed by atoms with Gasteiger partial charge in [-0.1, -0.05) is 12.1 Å². The lowest BCUT2D eigenvalue weighted by atomic mass is 10.1. The minimum Gasteiger partial charge on any atom is -0.493 e. The Morgan fingerprint density at radius 3 is 2.23 bits per heavy atom. The molecule has 0 aliphatic carbocycles. The minimum atomic E-state index is 0.0339. The Morgan fingerprint density at radius 2 is 1.58 bits per heavy atom. The van der Waals surface area contributed by atoms with Crippen LogP contribution in [0.15, 0.2) is 36.4 Å². The Balaban J connectivity index is 1.70. The average Bonchev–Trinajstić information content (AvgIpc) is 2.68. The van der Waals surface area contributed by atoms with Crippen LogP contribution in [0.25, 0.3) is 0 Å². The van der Waals surface area contributed by atoms with Gasteiger partial charge < -0.3 is 19.3 Å². The molecule has 0 N–H and O–H groups in total. The number of methoxy groups -OCH3 is 2. The van der Waals surface area contributed by atoms with E-state index in [0.717, 1.165) is 13.1 Å². The van der Waals surface area contributed by atoms with Gasteiger partial charge in [0.15, 0.2) is 11.5 Å². The first-order chi connectivity index (χ1) is 12.5. The number of anilines is 1. The summed E-state index contributed by atoms with van der Waals surface area (Å²) < 4.78 is 10.6. The molecule has 3 rings (SSSR count). The number of benzene rings is 2. The van der Waals surface area contributed by atoms with Crippen LogP contribution in [0.2, 0.25) is 0 Å². The van der Waals surface area contributed by atoms with E-state index in [1.807, 2.05) is 4.90 Å². The average molecular weight is 354 g/mol. The van der Waals surface area contributed by atoms with Crippen molar-refractivity contribution in [3.05, 3.63) is 53.1 Å². The summed E-state index contributed by atoms with van der Waals surface area (Å²) in [6.07, 6.45) is 0. The molecule has 26 heavy (non-hydrogen) atoms. The molecule has 138 valence electrons. The van der Waals surface area contributed by atoms with Crippen molar-refractivity contribution in [2.45, 2.75) is 13.8 Å². The maximum Gasteiger partial charge on any atom is 0.254 e. The second-order valence-corrected chi connectivity index (χ2v) is 6.64. The zero-order valence-corrected chi connectivity index (χ0v) is 15.9. The van der Waals surface area contributed by atoms with Crippen LogP contribution >= 0.6 is 0 Å². The normalized spacial score (nSPS) is 14.3. The molecule has 1 aliphatic heterocycles. The number of aryl methyl sites for hydroxylation is 2. The third-order valence-corrected chi connectivity index (χ3v) is 4.90. The van der Waals surface area contributed by atoms with Gasteiger partial charge in [-0.05, 0) is 49.2 Å².